The number of phenols is 1. The van der Waals surface area contributed by atoms with Crippen LogP contribution < -0.4 is 5.73 Å². The number of carbonyl (C=O) groups is 1. The number of ether oxygens (including phenoxy) is 1. The minimum absolute atomic E-state index is 0. The second-order valence-corrected chi connectivity index (χ2v) is 2.97. The Labute approximate surface area is 103 Å². The van der Waals surface area contributed by atoms with Gasteiger partial charge in [0.05, 0.1) is 7.11 Å². The first kappa shape index (κ1) is 15.2. The molecule has 0 aliphatic heterocycles. The first-order valence-corrected chi connectivity index (χ1v) is 4.27. The number of phenolic OH excluding ortho intramolecular Hbond substituents is 1. The summed E-state index contributed by atoms with van der Waals surface area (Å²) in [6.45, 7) is 0. The summed E-state index contributed by atoms with van der Waals surface area (Å²) in [7, 11) is 1.13. The van der Waals surface area contributed by atoms with Gasteiger partial charge in [-0.3, -0.25) is 4.79 Å². The van der Waals surface area contributed by atoms with E-state index in [4.69, 9.17) is 11.0 Å². The maximum atomic E-state index is 13.0. The zero-order chi connectivity index (χ0) is 12.3. The molecular weight excluding hydrogens is 251 g/mol. The van der Waals surface area contributed by atoms with Gasteiger partial charge in [-0.05, 0) is 6.07 Å². The molecular formula is C10H10ClFN2O3. The summed E-state index contributed by atoms with van der Waals surface area (Å²) in [5.41, 5.74) is 4.86. The highest BCUT2D eigenvalue weighted by molar-refractivity contribution is 5.85. The minimum atomic E-state index is -1.25. The Bertz CT molecular complexity index is 473. The molecule has 7 heteroatoms. The number of hydrogen-bond acceptors (Lipinski definition) is 5. The Hall–Kier alpha value is -1.84. The average molecular weight is 261 g/mol. The third-order valence-electron chi connectivity index (χ3n) is 2.06. The molecule has 3 N–H and O–H groups in total. The van der Waals surface area contributed by atoms with Crippen LogP contribution in [0.25, 0.3) is 0 Å². The zero-order valence-corrected chi connectivity index (χ0v) is 9.62. The van der Waals surface area contributed by atoms with Crippen molar-refractivity contribution < 1.29 is 19.0 Å². The van der Waals surface area contributed by atoms with Gasteiger partial charge in [0.25, 0.3) is 0 Å². The molecule has 5 nitrogen and oxygen atoms in total. The van der Waals surface area contributed by atoms with Crippen molar-refractivity contribution in [3.63, 3.8) is 0 Å². The highest BCUT2D eigenvalue weighted by Crippen LogP contribution is 2.28. The summed E-state index contributed by atoms with van der Waals surface area (Å²) in [4.78, 5) is 11.1. The molecule has 0 spiro atoms. The first-order valence-electron chi connectivity index (χ1n) is 4.27. The van der Waals surface area contributed by atoms with Crippen LogP contribution in [-0.4, -0.2) is 18.2 Å². The second kappa shape index (κ2) is 6.03. The van der Waals surface area contributed by atoms with Gasteiger partial charge in [-0.2, -0.15) is 5.26 Å². The van der Waals surface area contributed by atoms with Crippen LogP contribution in [0.15, 0.2) is 12.1 Å². The Balaban J connectivity index is 0.00000256. The normalized spacial score (nSPS) is 10.9. The van der Waals surface area contributed by atoms with Crippen molar-refractivity contribution in [2.45, 2.75) is 6.04 Å². The fraction of sp³-hybridized carbons (Fsp3) is 0.200. The van der Waals surface area contributed by atoms with E-state index in [9.17, 15) is 14.3 Å². The van der Waals surface area contributed by atoms with E-state index in [1.54, 1.807) is 0 Å². The van der Waals surface area contributed by atoms with Gasteiger partial charge in [-0.25, -0.2) is 4.39 Å². The standard InChI is InChI=1S/C10H9FN2O3.ClH/c1-16-10(15)8(13)5-2-3-7(11)6(4-12)9(5)14;/h2-3,8,14H,13H2,1H3;1H/t8-;/m0./s1. The van der Waals surface area contributed by atoms with Gasteiger partial charge in [0.2, 0.25) is 0 Å². The molecule has 0 aliphatic carbocycles. The van der Waals surface area contributed by atoms with Crippen LogP contribution in [0.1, 0.15) is 17.2 Å². The van der Waals surface area contributed by atoms with Crippen LogP contribution in [-0.2, 0) is 9.53 Å². The number of nitrogens with two attached hydrogens (primary N) is 1. The van der Waals surface area contributed by atoms with E-state index in [0.717, 1.165) is 19.2 Å². The van der Waals surface area contributed by atoms with Gasteiger partial charge < -0.3 is 15.6 Å². The molecule has 0 fully saturated rings. The van der Waals surface area contributed by atoms with Crippen LogP contribution in [0.3, 0.4) is 0 Å². The quantitative estimate of drug-likeness (QED) is 0.773. The van der Waals surface area contributed by atoms with E-state index in [1.807, 2.05) is 0 Å². The van der Waals surface area contributed by atoms with Crippen LogP contribution in [0.4, 0.5) is 4.39 Å². The van der Waals surface area contributed by atoms with Gasteiger partial charge in [-0.1, -0.05) is 6.07 Å². The van der Waals surface area contributed by atoms with E-state index >= 15 is 0 Å². The lowest BCUT2D eigenvalue weighted by atomic mass is 10.0. The Morgan fingerprint density at radius 3 is 2.71 bits per heavy atom. The first-order chi connectivity index (χ1) is 7.52. The van der Waals surface area contributed by atoms with Crippen molar-refractivity contribution in [2.75, 3.05) is 7.11 Å². The minimum Gasteiger partial charge on any atom is -0.506 e. The summed E-state index contributed by atoms with van der Waals surface area (Å²) >= 11 is 0. The number of nitriles is 1. The molecule has 0 saturated heterocycles. The third kappa shape index (κ3) is 2.84. The molecule has 0 bridgehead atoms. The number of methoxy groups -OCH3 is 1. The van der Waals surface area contributed by atoms with Crippen molar-refractivity contribution in [1.82, 2.24) is 0 Å². The lowest BCUT2D eigenvalue weighted by molar-refractivity contribution is -0.142. The van der Waals surface area contributed by atoms with Crippen LogP contribution in [0.5, 0.6) is 5.75 Å². The molecule has 0 heterocycles. The van der Waals surface area contributed by atoms with Crippen molar-refractivity contribution >= 4 is 18.4 Å². The van der Waals surface area contributed by atoms with Crippen molar-refractivity contribution in [3.05, 3.63) is 29.1 Å². The highest BCUT2D eigenvalue weighted by atomic mass is 35.5. The summed E-state index contributed by atoms with van der Waals surface area (Å²) in [5, 5.41) is 18.1. The van der Waals surface area contributed by atoms with Gasteiger partial charge in [0.15, 0.2) is 0 Å². The van der Waals surface area contributed by atoms with Crippen molar-refractivity contribution in [3.8, 4) is 11.8 Å². The number of halogens is 2. The SMILES string of the molecule is COC(=O)[C@@H](N)c1ccc(F)c(C#N)c1O.Cl. The monoisotopic (exact) mass is 260 g/mol. The molecule has 17 heavy (non-hydrogen) atoms. The molecule has 0 unspecified atom stereocenters. The van der Waals surface area contributed by atoms with Crippen LogP contribution in [0.2, 0.25) is 0 Å². The fourth-order valence-electron chi connectivity index (χ4n) is 1.19. The Kier molecular flexibility index (Phi) is 5.38. The Morgan fingerprint density at radius 2 is 2.24 bits per heavy atom. The third-order valence-corrected chi connectivity index (χ3v) is 2.06. The predicted octanol–water partition coefficient (Wildman–Crippen LogP) is 0.998. The number of nitrogens with zero attached hydrogens (tertiary/aromatic N) is 1. The molecule has 1 rings (SSSR count). The van der Waals surface area contributed by atoms with Crippen LogP contribution in [0, 0.1) is 17.1 Å². The number of carbonyl (C=O) groups excluding carboxylic acids is 1. The van der Waals surface area contributed by atoms with Crippen molar-refractivity contribution in [1.29, 1.82) is 5.26 Å². The second-order valence-electron chi connectivity index (χ2n) is 2.97. The van der Waals surface area contributed by atoms with Gasteiger partial charge in [0, 0.05) is 5.56 Å². The van der Waals surface area contributed by atoms with E-state index in [2.05, 4.69) is 4.74 Å². The molecule has 0 saturated carbocycles. The smallest absolute Gasteiger partial charge is 0.327 e. The lowest BCUT2D eigenvalue weighted by Crippen LogP contribution is -2.22. The lowest BCUT2D eigenvalue weighted by Gasteiger charge is -2.12. The number of benzene rings is 1. The summed E-state index contributed by atoms with van der Waals surface area (Å²) in [5.74, 6) is -2.30. The summed E-state index contributed by atoms with van der Waals surface area (Å²) in [6.07, 6.45) is 0. The molecule has 0 radical (unpaired) electrons. The molecule has 1 atom stereocenters. The van der Waals surface area contributed by atoms with Gasteiger partial charge in [-0.15, -0.1) is 12.4 Å². The molecule has 0 amide bonds. The van der Waals surface area contributed by atoms with E-state index in [-0.39, 0.29) is 18.0 Å². The molecule has 92 valence electrons. The number of esters is 1. The molecule has 0 aromatic heterocycles. The molecule has 1 aromatic rings. The van der Waals surface area contributed by atoms with Gasteiger partial charge >= 0.3 is 5.97 Å². The Morgan fingerprint density at radius 1 is 1.65 bits per heavy atom. The van der Waals surface area contributed by atoms with Crippen LogP contribution >= 0.6 is 12.4 Å². The highest BCUT2D eigenvalue weighted by Gasteiger charge is 2.23. The largest absolute Gasteiger partial charge is 0.506 e. The number of aromatic hydroxyl groups is 1. The average Bonchev–Trinajstić information content (AvgIpc) is 2.28. The predicted molar refractivity (Wildman–Crippen MR) is 59.0 cm³/mol. The molecule has 1 aromatic carbocycles. The molecule has 0 aliphatic rings. The van der Waals surface area contributed by atoms with Gasteiger partial charge in [0.1, 0.15) is 29.2 Å². The number of hydrogen-bond donors (Lipinski definition) is 2. The van der Waals surface area contributed by atoms with E-state index in [0.29, 0.717) is 0 Å². The maximum absolute atomic E-state index is 13.0. The number of rotatable bonds is 2. The summed E-state index contributed by atoms with van der Waals surface area (Å²) in [6, 6.07) is 2.32. The summed E-state index contributed by atoms with van der Waals surface area (Å²) < 4.78 is 17.4. The van der Waals surface area contributed by atoms with E-state index in [1.165, 1.54) is 6.07 Å². The maximum Gasteiger partial charge on any atom is 0.327 e. The van der Waals surface area contributed by atoms with E-state index < -0.39 is 29.1 Å². The topological polar surface area (TPSA) is 96.3 Å². The fourth-order valence-corrected chi connectivity index (χ4v) is 1.19. The van der Waals surface area contributed by atoms with Crippen molar-refractivity contribution in [2.24, 2.45) is 5.73 Å². The zero-order valence-electron chi connectivity index (χ0n) is 8.81.